The molecule has 1 fully saturated rings. The summed E-state index contributed by atoms with van der Waals surface area (Å²) in [5.74, 6) is 0. The molecule has 0 bridgehead atoms. The Labute approximate surface area is 134 Å². The molecule has 0 N–H and O–H groups in total. The first-order valence-electron chi connectivity index (χ1n) is 6.25. The standard InChI is InChI=1S/C14H18N2OS3/c1-14(2)12(20-13(18)15(14)3)16(17)9-10-5-7-11(19-4)8-6-10/h5-9,12H,1-4H3/t12-/m0/s1. The average molecular weight is 327 g/mol. The van der Waals surface area contributed by atoms with Crippen LogP contribution in [-0.4, -0.2) is 44.4 Å². The van der Waals surface area contributed by atoms with Crippen LogP contribution in [0.1, 0.15) is 19.4 Å². The molecule has 0 amide bonds. The van der Waals surface area contributed by atoms with Crippen molar-refractivity contribution in [2.24, 2.45) is 0 Å². The average Bonchev–Trinajstić information content (AvgIpc) is 2.63. The van der Waals surface area contributed by atoms with Crippen LogP contribution in [0.15, 0.2) is 29.2 Å². The molecule has 1 aromatic carbocycles. The van der Waals surface area contributed by atoms with E-state index in [4.69, 9.17) is 12.2 Å². The van der Waals surface area contributed by atoms with E-state index in [0.717, 1.165) is 14.6 Å². The lowest BCUT2D eigenvalue weighted by molar-refractivity contribution is -0.480. The van der Waals surface area contributed by atoms with Crippen molar-refractivity contribution in [3.05, 3.63) is 35.0 Å². The summed E-state index contributed by atoms with van der Waals surface area (Å²) in [5, 5.41) is 12.2. The number of nitrogens with zero attached hydrogens (tertiary/aromatic N) is 2. The number of rotatable bonds is 3. The van der Waals surface area contributed by atoms with Crippen molar-refractivity contribution >= 4 is 46.3 Å². The highest BCUT2D eigenvalue weighted by Crippen LogP contribution is 2.38. The minimum absolute atomic E-state index is 0.222. The van der Waals surface area contributed by atoms with Crippen LogP contribution in [0, 0.1) is 5.21 Å². The van der Waals surface area contributed by atoms with E-state index in [2.05, 4.69) is 0 Å². The number of thiocarbonyl (C=S) groups is 1. The number of hydroxylamine groups is 1. The van der Waals surface area contributed by atoms with Crippen molar-refractivity contribution in [1.82, 2.24) is 4.90 Å². The van der Waals surface area contributed by atoms with Crippen LogP contribution in [0.2, 0.25) is 0 Å². The molecule has 20 heavy (non-hydrogen) atoms. The molecular formula is C14H18N2OS3. The van der Waals surface area contributed by atoms with Crippen LogP contribution in [0.5, 0.6) is 0 Å². The van der Waals surface area contributed by atoms with Gasteiger partial charge in [-0.25, -0.2) is 0 Å². The normalized spacial score (nSPS) is 22.4. The molecule has 0 radical (unpaired) electrons. The Balaban J connectivity index is 2.24. The molecule has 1 saturated heterocycles. The predicted molar refractivity (Wildman–Crippen MR) is 92.8 cm³/mol. The van der Waals surface area contributed by atoms with E-state index in [1.807, 2.05) is 56.3 Å². The Bertz CT molecular complexity index is 540. The van der Waals surface area contributed by atoms with Gasteiger partial charge in [0.2, 0.25) is 5.37 Å². The van der Waals surface area contributed by atoms with Gasteiger partial charge in [0.15, 0.2) is 6.21 Å². The van der Waals surface area contributed by atoms with Gasteiger partial charge < -0.3 is 10.1 Å². The highest BCUT2D eigenvalue weighted by Gasteiger charge is 2.48. The Morgan fingerprint density at radius 2 is 2.00 bits per heavy atom. The molecule has 0 spiro atoms. The van der Waals surface area contributed by atoms with Gasteiger partial charge in [-0.15, -0.1) is 11.8 Å². The maximum atomic E-state index is 12.4. The molecule has 1 aliphatic heterocycles. The second kappa shape index (κ2) is 5.95. The Hall–Kier alpha value is -0.720. The summed E-state index contributed by atoms with van der Waals surface area (Å²) in [4.78, 5) is 3.18. The molecule has 0 aliphatic carbocycles. The summed E-state index contributed by atoms with van der Waals surface area (Å²) in [5.41, 5.74) is 0.633. The molecule has 108 valence electrons. The Kier molecular flexibility index (Phi) is 4.66. The number of benzene rings is 1. The van der Waals surface area contributed by atoms with Gasteiger partial charge in [-0.1, -0.05) is 12.2 Å². The predicted octanol–water partition coefficient (Wildman–Crippen LogP) is 3.41. The summed E-state index contributed by atoms with van der Waals surface area (Å²) in [6.07, 6.45) is 3.68. The topological polar surface area (TPSA) is 29.3 Å². The number of hydrogen-bond acceptors (Lipinski definition) is 4. The fraction of sp³-hybridized carbons (Fsp3) is 0.429. The van der Waals surface area contributed by atoms with E-state index in [1.165, 1.54) is 16.7 Å². The number of hydrogen-bond donors (Lipinski definition) is 0. The smallest absolute Gasteiger partial charge is 0.238 e. The van der Waals surface area contributed by atoms with E-state index >= 15 is 0 Å². The van der Waals surface area contributed by atoms with Crippen LogP contribution >= 0.6 is 35.7 Å². The summed E-state index contributed by atoms with van der Waals surface area (Å²) >= 11 is 8.43. The van der Waals surface area contributed by atoms with Crippen LogP contribution in [0.4, 0.5) is 0 Å². The van der Waals surface area contributed by atoms with Gasteiger partial charge >= 0.3 is 0 Å². The SMILES string of the molecule is CSc1ccc(C=[N+]([O-])[C@H]2SC(=S)N(C)C2(C)C)cc1. The summed E-state index contributed by atoms with van der Waals surface area (Å²) < 4.78 is 1.79. The van der Waals surface area contributed by atoms with E-state index < -0.39 is 0 Å². The van der Waals surface area contributed by atoms with Gasteiger partial charge in [0, 0.05) is 17.5 Å². The lowest BCUT2D eigenvalue weighted by Gasteiger charge is -2.30. The third-order valence-electron chi connectivity index (χ3n) is 3.58. The zero-order chi connectivity index (χ0) is 14.9. The fourth-order valence-electron chi connectivity index (χ4n) is 1.99. The van der Waals surface area contributed by atoms with Gasteiger partial charge in [0.1, 0.15) is 9.86 Å². The minimum atomic E-state index is -0.279. The Morgan fingerprint density at radius 1 is 1.40 bits per heavy atom. The van der Waals surface area contributed by atoms with Gasteiger partial charge in [-0.3, -0.25) is 0 Å². The number of thioether (sulfide) groups is 2. The second-order valence-electron chi connectivity index (χ2n) is 5.21. The zero-order valence-electron chi connectivity index (χ0n) is 12.0. The van der Waals surface area contributed by atoms with Crippen molar-refractivity contribution in [3.8, 4) is 0 Å². The van der Waals surface area contributed by atoms with Crippen molar-refractivity contribution in [3.63, 3.8) is 0 Å². The molecule has 0 unspecified atom stereocenters. The lowest BCUT2D eigenvalue weighted by atomic mass is 10.0. The van der Waals surface area contributed by atoms with Crippen molar-refractivity contribution in [2.75, 3.05) is 13.3 Å². The van der Waals surface area contributed by atoms with E-state index in [0.29, 0.717) is 0 Å². The van der Waals surface area contributed by atoms with Crippen LogP contribution in [0.3, 0.4) is 0 Å². The van der Waals surface area contributed by atoms with Crippen molar-refractivity contribution in [2.45, 2.75) is 29.7 Å². The summed E-state index contributed by atoms with van der Waals surface area (Å²) in [7, 11) is 1.94. The van der Waals surface area contributed by atoms with E-state index in [9.17, 15) is 5.21 Å². The first kappa shape index (κ1) is 15.7. The van der Waals surface area contributed by atoms with Crippen LogP contribution in [0.25, 0.3) is 0 Å². The maximum absolute atomic E-state index is 12.4. The molecule has 6 heteroatoms. The summed E-state index contributed by atoms with van der Waals surface area (Å²) in [6.45, 7) is 4.08. The first-order chi connectivity index (χ1) is 9.36. The van der Waals surface area contributed by atoms with Crippen molar-refractivity contribution < 1.29 is 4.74 Å². The quantitative estimate of drug-likeness (QED) is 0.212. The molecule has 1 aromatic rings. The van der Waals surface area contributed by atoms with Crippen LogP contribution in [-0.2, 0) is 0 Å². The largest absolute Gasteiger partial charge is 0.623 e. The first-order valence-corrected chi connectivity index (χ1v) is 8.76. The minimum Gasteiger partial charge on any atom is -0.623 e. The highest BCUT2D eigenvalue weighted by atomic mass is 32.2. The Morgan fingerprint density at radius 3 is 2.45 bits per heavy atom. The monoisotopic (exact) mass is 326 g/mol. The molecule has 3 nitrogen and oxygen atoms in total. The van der Waals surface area contributed by atoms with Gasteiger partial charge in [-0.05, 0) is 56.1 Å². The van der Waals surface area contributed by atoms with Crippen LogP contribution < -0.4 is 0 Å². The van der Waals surface area contributed by atoms with E-state index in [1.54, 1.807) is 18.0 Å². The second-order valence-corrected chi connectivity index (χ2v) is 7.80. The highest BCUT2D eigenvalue weighted by molar-refractivity contribution is 8.23. The van der Waals surface area contributed by atoms with Gasteiger partial charge in [-0.2, -0.15) is 4.74 Å². The third kappa shape index (κ3) is 2.97. The molecule has 0 aromatic heterocycles. The molecule has 1 heterocycles. The zero-order valence-corrected chi connectivity index (χ0v) is 14.4. The molecule has 2 rings (SSSR count). The fourth-order valence-corrected chi connectivity index (χ4v) is 4.10. The molecular weight excluding hydrogens is 308 g/mol. The van der Waals surface area contributed by atoms with E-state index in [-0.39, 0.29) is 10.9 Å². The maximum Gasteiger partial charge on any atom is 0.238 e. The third-order valence-corrected chi connectivity index (χ3v) is 6.37. The lowest BCUT2D eigenvalue weighted by Crippen LogP contribution is -2.47. The molecule has 0 saturated carbocycles. The molecule has 1 atom stereocenters. The van der Waals surface area contributed by atoms with Gasteiger partial charge in [0.25, 0.3) is 0 Å². The van der Waals surface area contributed by atoms with Gasteiger partial charge in [0.05, 0.1) is 0 Å². The number of likely N-dealkylation sites (N-methyl/N-ethyl adjacent to an activating group) is 1. The molecule has 1 aliphatic rings. The van der Waals surface area contributed by atoms with Crippen molar-refractivity contribution in [1.29, 1.82) is 0 Å². The summed E-state index contributed by atoms with van der Waals surface area (Å²) in [6, 6.07) is 7.97.